The largest absolute Gasteiger partial charge is 0.481 e. The highest BCUT2D eigenvalue weighted by atomic mass is 16.4. The lowest BCUT2D eigenvalue weighted by Gasteiger charge is -2.29. The smallest absolute Gasteiger partial charge is 0.318 e. The molecule has 0 radical (unpaired) electrons. The van der Waals surface area contributed by atoms with Crippen LogP contribution in [-0.4, -0.2) is 44.1 Å². The van der Waals surface area contributed by atoms with Crippen molar-refractivity contribution in [1.82, 2.24) is 19.8 Å². The predicted octanol–water partition coefficient (Wildman–Crippen LogP) is 0.662. The molecule has 1 fully saturated rings. The molecule has 1 aliphatic carbocycles. The van der Waals surface area contributed by atoms with Crippen LogP contribution in [0.3, 0.4) is 0 Å². The highest BCUT2D eigenvalue weighted by Gasteiger charge is 2.32. The lowest BCUT2D eigenvalue weighted by molar-refractivity contribution is -0.141. The van der Waals surface area contributed by atoms with E-state index >= 15 is 0 Å². The molecule has 2 aliphatic rings. The molecule has 108 valence electrons. The molecule has 2 unspecified atom stereocenters. The number of carbonyl (C=O) groups is 2. The maximum absolute atomic E-state index is 12.2. The van der Waals surface area contributed by atoms with Crippen molar-refractivity contribution in [3.63, 3.8) is 0 Å². The summed E-state index contributed by atoms with van der Waals surface area (Å²) >= 11 is 0. The number of carboxylic acid groups (broad SMARTS) is 1. The van der Waals surface area contributed by atoms with Gasteiger partial charge in [0.1, 0.15) is 5.82 Å². The van der Waals surface area contributed by atoms with E-state index in [9.17, 15) is 9.59 Å². The van der Waals surface area contributed by atoms with Gasteiger partial charge in [0.15, 0.2) is 0 Å². The summed E-state index contributed by atoms with van der Waals surface area (Å²) < 4.78 is 2.04. The molecule has 20 heavy (non-hydrogen) atoms. The SMILES string of the molecule is O=C(O)C1CCC(NC(=O)N2CCn3ccnc3C2)C1. The summed E-state index contributed by atoms with van der Waals surface area (Å²) in [4.78, 5) is 29.1. The van der Waals surface area contributed by atoms with Crippen molar-refractivity contribution in [2.75, 3.05) is 6.54 Å². The minimum atomic E-state index is -0.762. The summed E-state index contributed by atoms with van der Waals surface area (Å²) in [7, 11) is 0. The Morgan fingerprint density at radius 1 is 1.35 bits per heavy atom. The Balaban J connectivity index is 1.55. The quantitative estimate of drug-likeness (QED) is 0.832. The summed E-state index contributed by atoms with van der Waals surface area (Å²) in [6.45, 7) is 1.92. The Labute approximate surface area is 116 Å². The Bertz CT molecular complexity index is 527. The maximum Gasteiger partial charge on any atom is 0.318 e. The number of hydrogen-bond acceptors (Lipinski definition) is 3. The number of aromatic nitrogens is 2. The number of carbonyl (C=O) groups excluding carboxylic acids is 1. The summed E-state index contributed by atoms with van der Waals surface area (Å²) in [5, 5.41) is 11.9. The van der Waals surface area contributed by atoms with Crippen LogP contribution in [0.5, 0.6) is 0 Å². The van der Waals surface area contributed by atoms with Crippen molar-refractivity contribution in [2.45, 2.75) is 38.4 Å². The van der Waals surface area contributed by atoms with Gasteiger partial charge < -0.3 is 19.9 Å². The van der Waals surface area contributed by atoms with Crippen molar-refractivity contribution in [3.8, 4) is 0 Å². The Kier molecular flexibility index (Phi) is 3.33. The van der Waals surface area contributed by atoms with E-state index in [-0.39, 0.29) is 18.0 Å². The topological polar surface area (TPSA) is 87.5 Å². The van der Waals surface area contributed by atoms with E-state index in [0.29, 0.717) is 25.9 Å². The molecule has 7 nitrogen and oxygen atoms in total. The van der Waals surface area contributed by atoms with E-state index in [4.69, 9.17) is 5.11 Å². The van der Waals surface area contributed by atoms with Crippen LogP contribution in [0.15, 0.2) is 12.4 Å². The van der Waals surface area contributed by atoms with Crippen LogP contribution < -0.4 is 5.32 Å². The zero-order chi connectivity index (χ0) is 14.1. The number of imidazole rings is 1. The second-order valence-electron chi connectivity index (χ2n) is 5.45. The Hall–Kier alpha value is -2.05. The lowest BCUT2D eigenvalue weighted by Crippen LogP contribution is -2.47. The molecular formula is C13H18N4O3. The second-order valence-corrected chi connectivity index (χ2v) is 5.45. The fourth-order valence-corrected chi connectivity index (χ4v) is 2.95. The summed E-state index contributed by atoms with van der Waals surface area (Å²) in [5.41, 5.74) is 0. The molecule has 2 heterocycles. The second kappa shape index (κ2) is 5.15. The number of fused-ring (bicyclic) bond motifs is 1. The first kappa shape index (κ1) is 13.0. The number of urea groups is 1. The molecule has 7 heteroatoms. The minimum Gasteiger partial charge on any atom is -0.481 e. The molecular weight excluding hydrogens is 260 g/mol. The highest BCUT2D eigenvalue weighted by molar-refractivity contribution is 5.75. The highest BCUT2D eigenvalue weighted by Crippen LogP contribution is 2.26. The molecule has 0 bridgehead atoms. The van der Waals surface area contributed by atoms with E-state index in [1.165, 1.54) is 0 Å². The number of nitrogens with one attached hydrogen (secondary N) is 1. The number of hydrogen-bond donors (Lipinski definition) is 2. The molecule has 1 aliphatic heterocycles. The van der Waals surface area contributed by atoms with Crippen molar-refractivity contribution in [1.29, 1.82) is 0 Å². The molecule has 0 spiro atoms. The van der Waals surface area contributed by atoms with Gasteiger partial charge in [-0.1, -0.05) is 0 Å². The van der Waals surface area contributed by atoms with Crippen molar-refractivity contribution in [3.05, 3.63) is 18.2 Å². The third kappa shape index (κ3) is 2.48. The first-order valence-electron chi connectivity index (χ1n) is 6.91. The van der Waals surface area contributed by atoms with E-state index in [1.54, 1.807) is 11.1 Å². The monoisotopic (exact) mass is 278 g/mol. The zero-order valence-electron chi connectivity index (χ0n) is 11.2. The van der Waals surface area contributed by atoms with Crippen LogP contribution in [-0.2, 0) is 17.9 Å². The average Bonchev–Trinajstić information content (AvgIpc) is 3.05. The normalized spacial score (nSPS) is 25.3. The van der Waals surface area contributed by atoms with Crippen molar-refractivity contribution in [2.24, 2.45) is 5.92 Å². The van der Waals surface area contributed by atoms with Gasteiger partial charge in [0.05, 0.1) is 12.5 Å². The summed E-state index contributed by atoms with van der Waals surface area (Å²) in [6, 6.07) is -0.138. The van der Waals surface area contributed by atoms with Gasteiger partial charge in [-0.2, -0.15) is 0 Å². The van der Waals surface area contributed by atoms with E-state index < -0.39 is 5.97 Å². The number of amides is 2. The van der Waals surface area contributed by atoms with Crippen LogP contribution in [0.2, 0.25) is 0 Å². The average molecular weight is 278 g/mol. The van der Waals surface area contributed by atoms with Crippen LogP contribution in [0.1, 0.15) is 25.1 Å². The maximum atomic E-state index is 12.2. The van der Waals surface area contributed by atoms with Crippen LogP contribution in [0, 0.1) is 5.92 Å². The predicted molar refractivity (Wildman–Crippen MR) is 69.9 cm³/mol. The van der Waals surface area contributed by atoms with Crippen molar-refractivity contribution >= 4 is 12.0 Å². The van der Waals surface area contributed by atoms with Gasteiger partial charge in [-0.15, -0.1) is 0 Å². The van der Waals surface area contributed by atoms with Crippen LogP contribution in [0.25, 0.3) is 0 Å². The third-order valence-corrected chi connectivity index (χ3v) is 4.14. The first-order chi connectivity index (χ1) is 9.63. The van der Waals surface area contributed by atoms with Gasteiger partial charge in [0, 0.05) is 31.5 Å². The van der Waals surface area contributed by atoms with Crippen LogP contribution >= 0.6 is 0 Å². The van der Waals surface area contributed by atoms with Gasteiger partial charge in [-0.25, -0.2) is 9.78 Å². The molecule has 2 amide bonds. The molecule has 0 aromatic carbocycles. The zero-order valence-corrected chi connectivity index (χ0v) is 11.2. The number of aliphatic carboxylic acids is 1. The van der Waals surface area contributed by atoms with E-state index in [2.05, 4.69) is 10.3 Å². The van der Waals surface area contributed by atoms with Gasteiger partial charge >= 0.3 is 12.0 Å². The standard InChI is InChI=1S/C13H18N4O3/c18-12(19)9-1-2-10(7-9)15-13(20)17-6-5-16-4-3-14-11(16)8-17/h3-4,9-10H,1-2,5-8H2,(H,15,20)(H,18,19). The lowest BCUT2D eigenvalue weighted by atomic mass is 10.1. The minimum absolute atomic E-state index is 0.0229. The first-order valence-corrected chi connectivity index (χ1v) is 6.91. The molecule has 1 aromatic rings. The molecule has 3 rings (SSSR count). The number of rotatable bonds is 2. The Morgan fingerprint density at radius 2 is 2.20 bits per heavy atom. The molecule has 2 N–H and O–H groups in total. The van der Waals surface area contributed by atoms with E-state index in [0.717, 1.165) is 18.8 Å². The van der Waals surface area contributed by atoms with Crippen LogP contribution in [0.4, 0.5) is 4.79 Å². The Morgan fingerprint density at radius 3 is 2.95 bits per heavy atom. The number of carboxylic acids is 1. The number of nitrogens with zero attached hydrogens (tertiary/aromatic N) is 3. The van der Waals surface area contributed by atoms with Gasteiger partial charge in [-0.3, -0.25) is 4.79 Å². The van der Waals surface area contributed by atoms with Gasteiger partial charge in [-0.05, 0) is 19.3 Å². The van der Waals surface area contributed by atoms with Gasteiger partial charge in [0.2, 0.25) is 0 Å². The molecule has 0 saturated heterocycles. The van der Waals surface area contributed by atoms with Gasteiger partial charge in [0.25, 0.3) is 0 Å². The fourth-order valence-electron chi connectivity index (χ4n) is 2.95. The van der Waals surface area contributed by atoms with E-state index in [1.807, 2.05) is 10.8 Å². The fraction of sp³-hybridized carbons (Fsp3) is 0.615. The molecule has 1 saturated carbocycles. The summed E-state index contributed by atoms with van der Waals surface area (Å²) in [6.07, 6.45) is 5.57. The molecule has 1 aromatic heterocycles. The third-order valence-electron chi connectivity index (χ3n) is 4.14. The molecule has 2 atom stereocenters. The summed E-state index contributed by atoms with van der Waals surface area (Å²) in [5.74, 6) is -0.191. The van der Waals surface area contributed by atoms with Crippen molar-refractivity contribution < 1.29 is 14.7 Å².